The van der Waals surface area contributed by atoms with E-state index in [0.717, 1.165) is 24.9 Å². The van der Waals surface area contributed by atoms with Crippen molar-refractivity contribution in [2.24, 2.45) is 0 Å². The van der Waals surface area contributed by atoms with Gasteiger partial charge in [0.2, 0.25) is 0 Å². The summed E-state index contributed by atoms with van der Waals surface area (Å²) in [5.41, 5.74) is 7.32. The lowest BCUT2D eigenvalue weighted by Crippen LogP contribution is -2.14. The monoisotopic (exact) mass is 207 g/mol. The topological polar surface area (TPSA) is 81.2 Å². The molecule has 0 radical (unpaired) electrons. The van der Waals surface area contributed by atoms with Crippen molar-refractivity contribution >= 4 is 11.4 Å². The zero-order chi connectivity index (χ0) is 10.8. The predicted octanol–water partition coefficient (Wildman–Crippen LogP) is 1.60. The fourth-order valence-electron chi connectivity index (χ4n) is 1.94. The van der Waals surface area contributed by atoms with Gasteiger partial charge in [0.05, 0.1) is 4.92 Å². The van der Waals surface area contributed by atoms with Crippen LogP contribution in [0.2, 0.25) is 0 Å². The van der Waals surface area contributed by atoms with Crippen LogP contribution >= 0.6 is 0 Å². The smallest absolute Gasteiger partial charge is 0.271 e. The lowest BCUT2D eigenvalue weighted by atomic mass is 10.0. The van der Waals surface area contributed by atoms with Crippen molar-refractivity contribution in [2.75, 3.05) is 12.3 Å². The molecule has 1 fully saturated rings. The zero-order valence-corrected chi connectivity index (χ0v) is 8.27. The molecule has 2 rings (SSSR count). The van der Waals surface area contributed by atoms with Crippen molar-refractivity contribution in [3.8, 4) is 0 Å². The van der Waals surface area contributed by atoms with E-state index in [9.17, 15) is 10.1 Å². The SMILES string of the molecule is Nc1cc([N+](=O)[O-])ccc1[C@H]1CCCN1. The van der Waals surface area contributed by atoms with Crippen LogP contribution in [0.15, 0.2) is 18.2 Å². The van der Waals surface area contributed by atoms with Crippen LogP contribution in [-0.4, -0.2) is 11.5 Å². The van der Waals surface area contributed by atoms with E-state index in [4.69, 9.17) is 5.73 Å². The highest BCUT2D eigenvalue weighted by atomic mass is 16.6. The first-order chi connectivity index (χ1) is 7.18. The molecule has 0 unspecified atom stereocenters. The first-order valence-electron chi connectivity index (χ1n) is 4.95. The molecule has 0 bridgehead atoms. The van der Waals surface area contributed by atoms with Crippen LogP contribution in [0, 0.1) is 10.1 Å². The van der Waals surface area contributed by atoms with Gasteiger partial charge in [0.1, 0.15) is 0 Å². The molecule has 1 heterocycles. The Bertz CT molecular complexity index is 386. The molecular formula is C10H13N3O2. The van der Waals surface area contributed by atoms with Crippen LogP contribution in [0.3, 0.4) is 0 Å². The van der Waals surface area contributed by atoms with Crippen molar-refractivity contribution in [3.05, 3.63) is 33.9 Å². The Morgan fingerprint density at radius 1 is 1.53 bits per heavy atom. The molecule has 1 aliphatic rings. The van der Waals surface area contributed by atoms with Gasteiger partial charge in [-0.05, 0) is 31.0 Å². The van der Waals surface area contributed by atoms with Crippen molar-refractivity contribution in [1.29, 1.82) is 0 Å². The molecule has 0 aliphatic carbocycles. The van der Waals surface area contributed by atoms with Gasteiger partial charge in [-0.25, -0.2) is 0 Å². The Hall–Kier alpha value is -1.62. The van der Waals surface area contributed by atoms with Gasteiger partial charge in [-0.15, -0.1) is 0 Å². The van der Waals surface area contributed by atoms with Crippen molar-refractivity contribution in [2.45, 2.75) is 18.9 Å². The van der Waals surface area contributed by atoms with E-state index < -0.39 is 4.92 Å². The zero-order valence-electron chi connectivity index (χ0n) is 8.27. The molecule has 0 spiro atoms. The molecule has 1 saturated heterocycles. The van der Waals surface area contributed by atoms with Gasteiger partial charge in [0.15, 0.2) is 0 Å². The van der Waals surface area contributed by atoms with E-state index in [1.807, 2.05) is 0 Å². The number of nitrogen functional groups attached to an aromatic ring is 1. The van der Waals surface area contributed by atoms with E-state index >= 15 is 0 Å². The maximum absolute atomic E-state index is 10.5. The van der Waals surface area contributed by atoms with Gasteiger partial charge < -0.3 is 11.1 Å². The minimum absolute atomic E-state index is 0.0502. The number of nitrogens with one attached hydrogen (secondary N) is 1. The summed E-state index contributed by atoms with van der Waals surface area (Å²) in [7, 11) is 0. The van der Waals surface area contributed by atoms with Crippen LogP contribution in [0.1, 0.15) is 24.4 Å². The summed E-state index contributed by atoms with van der Waals surface area (Å²) in [5.74, 6) is 0. The molecule has 0 amide bonds. The fraction of sp³-hybridized carbons (Fsp3) is 0.400. The molecule has 15 heavy (non-hydrogen) atoms. The standard InChI is InChI=1S/C10H13N3O2/c11-9-6-7(13(14)15)3-4-8(9)10-2-1-5-12-10/h3-4,6,10,12H,1-2,5,11H2/t10-/m1/s1. The maximum Gasteiger partial charge on any atom is 0.271 e. The minimum Gasteiger partial charge on any atom is -0.398 e. The Kier molecular flexibility index (Phi) is 2.55. The number of nitrogens with zero attached hydrogens (tertiary/aromatic N) is 1. The molecule has 1 atom stereocenters. The number of hydrogen-bond acceptors (Lipinski definition) is 4. The van der Waals surface area contributed by atoms with Crippen LogP contribution in [0.25, 0.3) is 0 Å². The van der Waals surface area contributed by atoms with Crippen LogP contribution in [0.5, 0.6) is 0 Å². The number of non-ortho nitro benzene ring substituents is 1. The minimum atomic E-state index is -0.428. The van der Waals surface area contributed by atoms with Crippen LogP contribution in [0.4, 0.5) is 11.4 Å². The van der Waals surface area contributed by atoms with Gasteiger partial charge in [-0.2, -0.15) is 0 Å². The summed E-state index contributed by atoms with van der Waals surface area (Å²) in [6, 6.07) is 4.93. The van der Waals surface area contributed by atoms with Crippen molar-refractivity contribution in [1.82, 2.24) is 5.32 Å². The third-order valence-electron chi connectivity index (χ3n) is 2.72. The average molecular weight is 207 g/mol. The van der Waals surface area contributed by atoms with E-state index in [2.05, 4.69) is 5.32 Å². The first-order valence-corrected chi connectivity index (χ1v) is 4.95. The highest BCUT2D eigenvalue weighted by Crippen LogP contribution is 2.29. The highest BCUT2D eigenvalue weighted by molar-refractivity contribution is 5.55. The lowest BCUT2D eigenvalue weighted by Gasteiger charge is -2.12. The summed E-state index contributed by atoms with van der Waals surface area (Å²) in [5, 5.41) is 13.8. The molecule has 3 N–H and O–H groups in total. The number of benzene rings is 1. The molecule has 1 aromatic rings. The Morgan fingerprint density at radius 3 is 2.87 bits per heavy atom. The van der Waals surface area contributed by atoms with Crippen molar-refractivity contribution < 1.29 is 4.92 Å². The number of nitrogens with two attached hydrogens (primary N) is 1. The molecule has 5 nitrogen and oxygen atoms in total. The Morgan fingerprint density at radius 2 is 2.33 bits per heavy atom. The van der Waals surface area contributed by atoms with E-state index in [1.54, 1.807) is 6.07 Å². The average Bonchev–Trinajstić information content (AvgIpc) is 2.70. The summed E-state index contributed by atoms with van der Waals surface area (Å²) >= 11 is 0. The van der Waals surface area contributed by atoms with E-state index in [-0.39, 0.29) is 11.7 Å². The number of nitro groups is 1. The van der Waals surface area contributed by atoms with Gasteiger partial charge in [0.25, 0.3) is 5.69 Å². The Labute approximate surface area is 87.4 Å². The first kappa shape index (κ1) is 9.92. The number of nitro benzene ring substituents is 1. The van der Waals surface area contributed by atoms with Gasteiger partial charge in [-0.1, -0.05) is 0 Å². The largest absolute Gasteiger partial charge is 0.398 e. The summed E-state index contributed by atoms with van der Waals surface area (Å²) < 4.78 is 0. The lowest BCUT2D eigenvalue weighted by molar-refractivity contribution is -0.384. The third-order valence-corrected chi connectivity index (χ3v) is 2.72. The summed E-state index contributed by atoms with van der Waals surface area (Å²) in [6.45, 7) is 0.987. The fourth-order valence-corrected chi connectivity index (χ4v) is 1.94. The normalized spacial score (nSPS) is 20.4. The van der Waals surface area contributed by atoms with Gasteiger partial charge >= 0.3 is 0 Å². The summed E-state index contributed by atoms with van der Waals surface area (Å²) in [6.07, 6.45) is 2.17. The second kappa shape index (κ2) is 3.86. The second-order valence-electron chi connectivity index (χ2n) is 3.72. The van der Waals surface area contributed by atoms with Crippen LogP contribution < -0.4 is 11.1 Å². The van der Waals surface area contributed by atoms with Gasteiger partial charge in [0, 0.05) is 23.9 Å². The number of rotatable bonds is 2. The van der Waals surface area contributed by atoms with Gasteiger partial charge in [-0.3, -0.25) is 10.1 Å². The predicted molar refractivity (Wildman–Crippen MR) is 57.5 cm³/mol. The number of anilines is 1. The molecule has 0 saturated carbocycles. The molecular weight excluding hydrogens is 194 g/mol. The van der Waals surface area contributed by atoms with E-state index in [0.29, 0.717) is 5.69 Å². The Balaban J connectivity index is 2.29. The molecule has 80 valence electrons. The molecule has 5 heteroatoms. The van der Waals surface area contributed by atoms with E-state index in [1.165, 1.54) is 12.1 Å². The third kappa shape index (κ3) is 1.92. The highest BCUT2D eigenvalue weighted by Gasteiger charge is 2.19. The maximum atomic E-state index is 10.5. The molecule has 1 aromatic carbocycles. The summed E-state index contributed by atoms with van der Waals surface area (Å²) in [4.78, 5) is 10.1. The van der Waals surface area contributed by atoms with Crippen molar-refractivity contribution in [3.63, 3.8) is 0 Å². The molecule has 0 aromatic heterocycles. The number of hydrogen-bond donors (Lipinski definition) is 2. The quantitative estimate of drug-likeness (QED) is 0.438. The molecule has 1 aliphatic heterocycles. The second-order valence-corrected chi connectivity index (χ2v) is 3.72. The van der Waals surface area contributed by atoms with Crippen LogP contribution in [-0.2, 0) is 0 Å².